The van der Waals surface area contributed by atoms with Crippen molar-refractivity contribution in [3.05, 3.63) is 120 Å². The van der Waals surface area contributed by atoms with Gasteiger partial charge in [0.2, 0.25) is 11.8 Å². The van der Waals surface area contributed by atoms with Gasteiger partial charge < -0.3 is 20.2 Å². The molecule has 0 bridgehead atoms. The molecule has 4 rings (SSSR count). The summed E-state index contributed by atoms with van der Waals surface area (Å²) < 4.78 is 11.6. The number of nitrogens with one attached hydrogen (secondary N) is 1. The highest BCUT2D eigenvalue weighted by Gasteiger charge is 2.29. The van der Waals surface area contributed by atoms with E-state index in [0.29, 0.717) is 47.2 Å². The Morgan fingerprint density at radius 2 is 1.64 bits per heavy atom. The van der Waals surface area contributed by atoms with Gasteiger partial charge in [-0.2, -0.15) is 0 Å². The summed E-state index contributed by atoms with van der Waals surface area (Å²) in [4.78, 5) is 21.6. The summed E-state index contributed by atoms with van der Waals surface area (Å²) in [5.41, 5.74) is 9.42. The van der Waals surface area contributed by atoms with Crippen molar-refractivity contribution >= 4 is 17.6 Å². The number of carbonyl (C=O) groups is 1. The Bertz CT molecular complexity index is 1380. The number of hydrogen-bond acceptors (Lipinski definition) is 6. The number of nitrogens with two attached hydrogens (primary N) is 1. The van der Waals surface area contributed by atoms with Crippen molar-refractivity contribution in [3.63, 3.8) is 0 Å². The van der Waals surface area contributed by atoms with Crippen molar-refractivity contribution in [1.82, 2.24) is 10.3 Å². The second-order valence-electron chi connectivity index (χ2n) is 8.94. The molecule has 0 spiro atoms. The maximum absolute atomic E-state index is 13.1. The molecule has 0 saturated heterocycles. The number of amides is 1. The second-order valence-corrected chi connectivity index (χ2v) is 8.94. The van der Waals surface area contributed by atoms with Crippen LogP contribution in [0.3, 0.4) is 0 Å². The maximum Gasteiger partial charge on any atom is 0.251 e. The molecule has 0 aliphatic carbocycles. The van der Waals surface area contributed by atoms with Gasteiger partial charge in [0, 0.05) is 30.3 Å². The molecule has 0 fully saturated rings. The summed E-state index contributed by atoms with van der Waals surface area (Å²) in [7, 11) is 1.63. The van der Waals surface area contributed by atoms with Crippen LogP contribution < -0.4 is 11.1 Å². The lowest BCUT2D eigenvalue weighted by molar-refractivity contribution is 0.0951. The summed E-state index contributed by atoms with van der Waals surface area (Å²) in [6, 6.07) is 24.8. The summed E-state index contributed by atoms with van der Waals surface area (Å²) in [5.74, 6) is 0.765. The van der Waals surface area contributed by atoms with Gasteiger partial charge in [-0.15, -0.1) is 0 Å². The van der Waals surface area contributed by atoms with E-state index in [1.165, 1.54) is 6.26 Å². The van der Waals surface area contributed by atoms with Gasteiger partial charge in [0.15, 0.2) is 0 Å². The largest absolute Gasteiger partial charge is 0.445 e. The average molecular weight is 525 g/mol. The minimum Gasteiger partial charge on any atom is -0.445 e. The van der Waals surface area contributed by atoms with Crippen molar-refractivity contribution in [2.45, 2.75) is 39.3 Å². The number of aliphatic imine (C=N–C) groups is 1. The third kappa shape index (κ3) is 7.99. The number of rotatable bonds is 9. The van der Waals surface area contributed by atoms with Crippen LogP contribution in [0.5, 0.6) is 0 Å². The van der Waals surface area contributed by atoms with E-state index >= 15 is 0 Å². The Kier molecular flexibility index (Phi) is 10.3. The molecule has 3 N–H and O–H groups in total. The van der Waals surface area contributed by atoms with Gasteiger partial charge in [0.1, 0.15) is 12.0 Å². The maximum atomic E-state index is 13.1. The van der Waals surface area contributed by atoms with Crippen LogP contribution in [-0.4, -0.2) is 29.4 Å². The van der Waals surface area contributed by atoms with Crippen LogP contribution in [0.25, 0.3) is 17.2 Å². The van der Waals surface area contributed by atoms with Gasteiger partial charge in [-0.25, -0.2) is 4.98 Å². The molecule has 7 heteroatoms. The number of aromatic nitrogens is 1. The van der Waals surface area contributed by atoms with Crippen LogP contribution in [0.1, 0.15) is 47.8 Å². The standard InChI is InChI=1S/C30H30N4O3.C2H6/c1-21(37-29(32-3)30(2,31)19-22-10-6-4-7-11-22)24-16-25(18-26(17-24)28-33-14-15-36-28)27(35)34-20-23-12-8-5-9-13-23;1-2/h4-18H,1,19-20,31H2,2-3H3,(H,34,35);1-2H3/t30-;/m1./s1. The summed E-state index contributed by atoms with van der Waals surface area (Å²) >= 11 is 0. The number of carbonyl (C=O) groups excluding carboxylic acids is 1. The van der Waals surface area contributed by atoms with Gasteiger partial charge in [-0.3, -0.25) is 9.79 Å². The molecule has 0 radical (unpaired) electrons. The number of nitrogens with zero attached hydrogens (tertiary/aromatic N) is 2. The first-order valence-corrected chi connectivity index (χ1v) is 12.9. The molecule has 4 aromatic rings. The molecular weight excluding hydrogens is 488 g/mol. The molecular formula is C32H36N4O3. The Balaban J connectivity index is 0.00000205. The van der Waals surface area contributed by atoms with Crippen molar-refractivity contribution < 1.29 is 13.9 Å². The molecule has 0 unspecified atom stereocenters. The van der Waals surface area contributed by atoms with Crippen LogP contribution >= 0.6 is 0 Å². The molecule has 1 amide bonds. The van der Waals surface area contributed by atoms with E-state index in [9.17, 15) is 4.79 Å². The van der Waals surface area contributed by atoms with Gasteiger partial charge in [-0.05, 0) is 42.7 Å². The van der Waals surface area contributed by atoms with Crippen LogP contribution in [0.15, 0.2) is 107 Å². The molecule has 202 valence electrons. The fourth-order valence-corrected chi connectivity index (χ4v) is 3.98. The van der Waals surface area contributed by atoms with E-state index < -0.39 is 5.54 Å². The first-order valence-electron chi connectivity index (χ1n) is 12.9. The molecule has 0 aliphatic heterocycles. The lowest BCUT2D eigenvalue weighted by Crippen LogP contribution is -2.48. The van der Waals surface area contributed by atoms with E-state index in [0.717, 1.165) is 11.1 Å². The highest BCUT2D eigenvalue weighted by atomic mass is 16.5. The SMILES string of the molecule is C=C(OC(=NC)[C@](C)(N)Cc1ccccc1)c1cc(C(=O)NCc2ccccc2)cc(-c2ncco2)c1.CC. The quantitative estimate of drug-likeness (QED) is 0.153. The van der Waals surface area contributed by atoms with Crippen molar-refractivity contribution in [1.29, 1.82) is 0 Å². The zero-order chi connectivity index (χ0) is 28.3. The van der Waals surface area contributed by atoms with Gasteiger partial charge in [0.05, 0.1) is 11.7 Å². The summed E-state index contributed by atoms with van der Waals surface area (Å²) in [6.07, 6.45) is 3.55. The lowest BCUT2D eigenvalue weighted by Gasteiger charge is -2.27. The van der Waals surface area contributed by atoms with E-state index in [-0.39, 0.29) is 5.91 Å². The first-order chi connectivity index (χ1) is 18.9. The van der Waals surface area contributed by atoms with Gasteiger partial charge in [-0.1, -0.05) is 81.1 Å². The highest BCUT2D eigenvalue weighted by molar-refractivity contribution is 5.97. The molecule has 1 atom stereocenters. The Morgan fingerprint density at radius 3 is 2.23 bits per heavy atom. The van der Waals surface area contributed by atoms with Crippen LogP contribution in [-0.2, 0) is 17.7 Å². The third-order valence-electron chi connectivity index (χ3n) is 5.82. The van der Waals surface area contributed by atoms with E-state index in [4.69, 9.17) is 14.9 Å². The zero-order valence-corrected chi connectivity index (χ0v) is 23.0. The normalized spacial score (nSPS) is 12.5. The number of hydrogen-bond donors (Lipinski definition) is 2. The topological polar surface area (TPSA) is 103 Å². The summed E-state index contributed by atoms with van der Waals surface area (Å²) in [5, 5.41) is 2.95. The van der Waals surface area contributed by atoms with Crippen molar-refractivity contribution in [3.8, 4) is 11.5 Å². The van der Waals surface area contributed by atoms with Gasteiger partial charge in [0.25, 0.3) is 5.91 Å². The number of oxazole rings is 1. The molecule has 39 heavy (non-hydrogen) atoms. The number of benzene rings is 3. The second kappa shape index (κ2) is 13.9. The van der Waals surface area contributed by atoms with E-state index in [2.05, 4.69) is 21.9 Å². The smallest absolute Gasteiger partial charge is 0.251 e. The fraction of sp³-hybridized carbons (Fsp3) is 0.219. The van der Waals surface area contributed by atoms with Crippen LogP contribution in [0.2, 0.25) is 0 Å². The fourth-order valence-electron chi connectivity index (χ4n) is 3.98. The lowest BCUT2D eigenvalue weighted by atomic mass is 9.93. The molecule has 3 aromatic carbocycles. The summed E-state index contributed by atoms with van der Waals surface area (Å²) in [6.45, 7) is 10.4. The molecule has 0 aliphatic rings. The molecule has 0 saturated carbocycles. The Labute approximate surface area is 230 Å². The van der Waals surface area contributed by atoms with Crippen molar-refractivity contribution in [2.75, 3.05) is 7.05 Å². The molecule has 7 nitrogen and oxygen atoms in total. The van der Waals surface area contributed by atoms with Crippen molar-refractivity contribution in [2.24, 2.45) is 10.7 Å². The average Bonchev–Trinajstić information content (AvgIpc) is 3.51. The predicted molar refractivity (Wildman–Crippen MR) is 157 cm³/mol. The zero-order valence-electron chi connectivity index (χ0n) is 23.0. The minimum atomic E-state index is -0.880. The molecule has 1 heterocycles. The Hall–Kier alpha value is -4.49. The predicted octanol–water partition coefficient (Wildman–Crippen LogP) is 6.27. The van der Waals surface area contributed by atoms with Crippen LogP contribution in [0, 0.1) is 0 Å². The van der Waals surface area contributed by atoms with E-state index in [1.54, 1.807) is 31.4 Å². The van der Waals surface area contributed by atoms with E-state index in [1.807, 2.05) is 81.4 Å². The van der Waals surface area contributed by atoms with Gasteiger partial charge >= 0.3 is 0 Å². The third-order valence-corrected chi connectivity index (χ3v) is 5.82. The monoisotopic (exact) mass is 524 g/mol. The minimum absolute atomic E-state index is 0.247. The molecule has 1 aromatic heterocycles. The Morgan fingerprint density at radius 1 is 1.03 bits per heavy atom. The number of ether oxygens (including phenoxy) is 1. The van der Waals surface area contributed by atoms with Crippen LogP contribution in [0.4, 0.5) is 0 Å². The first kappa shape index (κ1) is 29.1. The highest BCUT2D eigenvalue weighted by Crippen LogP contribution is 2.27.